The molecule has 0 radical (unpaired) electrons. The molecule has 1 heterocycles. The highest BCUT2D eigenvalue weighted by Gasteiger charge is 2.40. The van der Waals surface area contributed by atoms with E-state index in [1.54, 1.807) is 6.92 Å². The highest BCUT2D eigenvalue weighted by Crippen LogP contribution is 2.43. The SMILES string of the molecule is CCC1(CC)C[C@H](NS(=O)(=O)c2ccc(F)c(C)c2)c2ccccc2O1. The lowest BCUT2D eigenvalue weighted by molar-refractivity contribution is 0.0260. The maximum absolute atomic E-state index is 13.5. The fraction of sp³-hybridized carbons (Fsp3) is 0.400. The Morgan fingerprint density at radius 2 is 1.88 bits per heavy atom. The van der Waals surface area contributed by atoms with Crippen LogP contribution in [0.25, 0.3) is 0 Å². The smallest absolute Gasteiger partial charge is 0.241 e. The molecule has 0 fully saturated rings. The van der Waals surface area contributed by atoms with Crippen molar-refractivity contribution in [1.29, 1.82) is 0 Å². The van der Waals surface area contributed by atoms with Gasteiger partial charge in [0.15, 0.2) is 0 Å². The molecular formula is C20H24FNO3S. The fourth-order valence-electron chi connectivity index (χ4n) is 3.45. The van der Waals surface area contributed by atoms with Crippen LogP contribution in [0.5, 0.6) is 5.75 Å². The third-order valence-corrected chi connectivity index (χ3v) is 6.69. The first kappa shape index (κ1) is 18.9. The Kier molecular flexibility index (Phi) is 5.08. The predicted octanol–water partition coefficient (Wildman–Crippen LogP) is 4.50. The number of sulfonamides is 1. The number of ether oxygens (including phenoxy) is 1. The summed E-state index contributed by atoms with van der Waals surface area (Å²) in [5, 5.41) is 0. The molecule has 26 heavy (non-hydrogen) atoms. The first-order valence-corrected chi connectivity index (χ1v) is 10.3. The van der Waals surface area contributed by atoms with Gasteiger partial charge in [0.2, 0.25) is 10.0 Å². The molecule has 1 aliphatic rings. The van der Waals surface area contributed by atoms with Crippen molar-refractivity contribution in [3.63, 3.8) is 0 Å². The molecule has 0 unspecified atom stereocenters. The molecule has 0 aliphatic carbocycles. The van der Waals surface area contributed by atoms with Gasteiger partial charge in [0, 0.05) is 12.0 Å². The second-order valence-electron chi connectivity index (χ2n) is 6.82. The van der Waals surface area contributed by atoms with Crippen LogP contribution in [0.4, 0.5) is 4.39 Å². The highest BCUT2D eigenvalue weighted by molar-refractivity contribution is 7.89. The third kappa shape index (κ3) is 3.48. The van der Waals surface area contributed by atoms with Crippen molar-refractivity contribution in [3.05, 3.63) is 59.4 Å². The molecular weight excluding hydrogens is 353 g/mol. The number of fused-ring (bicyclic) bond motifs is 1. The Labute approximate surface area is 154 Å². The fourth-order valence-corrected chi connectivity index (χ4v) is 4.75. The summed E-state index contributed by atoms with van der Waals surface area (Å²) < 4.78 is 48.3. The van der Waals surface area contributed by atoms with Crippen molar-refractivity contribution in [2.75, 3.05) is 0 Å². The Hall–Kier alpha value is -1.92. The normalized spacial score (nSPS) is 18.8. The van der Waals surface area contributed by atoms with Crippen molar-refractivity contribution in [1.82, 2.24) is 4.72 Å². The maximum Gasteiger partial charge on any atom is 0.241 e. The summed E-state index contributed by atoms with van der Waals surface area (Å²) in [6.07, 6.45) is 2.12. The van der Waals surface area contributed by atoms with Crippen LogP contribution in [-0.2, 0) is 10.0 Å². The van der Waals surface area contributed by atoms with Gasteiger partial charge >= 0.3 is 0 Å². The van der Waals surface area contributed by atoms with Gasteiger partial charge < -0.3 is 4.74 Å². The van der Waals surface area contributed by atoms with Gasteiger partial charge in [0.1, 0.15) is 17.2 Å². The summed E-state index contributed by atoms with van der Waals surface area (Å²) in [5.74, 6) is 0.293. The van der Waals surface area contributed by atoms with E-state index in [1.165, 1.54) is 18.2 Å². The second kappa shape index (κ2) is 7.00. The van der Waals surface area contributed by atoms with Crippen LogP contribution < -0.4 is 9.46 Å². The summed E-state index contributed by atoms with van der Waals surface area (Å²) >= 11 is 0. The third-order valence-electron chi connectivity index (χ3n) is 5.22. The molecule has 1 atom stereocenters. The quantitative estimate of drug-likeness (QED) is 0.835. The molecule has 6 heteroatoms. The first-order valence-electron chi connectivity index (χ1n) is 8.86. The van der Waals surface area contributed by atoms with Crippen LogP contribution in [0.1, 0.15) is 50.3 Å². The van der Waals surface area contributed by atoms with Gasteiger partial charge in [-0.2, -0.15) is 0 Å². The minimum absolute atomic E-state index is 0.0685. The van der Waals surface area contributed by atoms with Gasteiger partial charge in [0.25, 0.3) is 0 Å². The molecule has 140 valence electrons. The van der Waals surface area contributed by atoms with Gasteiger partial charge in [0.05, 0.1) is 10.9 Å². The van der Waals surface area contributed by atoms with E-state index in [0.29, 0.717) is 17.7 Å². The summed E-state index contributed by atoms with van der Waals surface area (Å²) in [6.45, 7) is 5.65. The van der Waals surface area contributed by atoms with Crippen LogP contribution in [0, 0.1) is 12.7 Å². The van der Waals surface area contributed by atoms with Gasteiger partial charge in [-0.3, -0.25) is 0 Å². The van der Waals surface area contributed by atoms with Gasteiger partial charge in [-0.25, -0.2) is 17.5 Å². The van der Waals surface area contributed by atoms with E-state index in [-0.39, 0.29) is 4.90 Å². The van der Waals surface area contributed by atoms with Gasteiger partial charge in [-0.05, 0) is 49.6 Å². The number of benzene rings is 2. The zero-order valence-corrected chi connectivity index (χ0v) is 16.1. The number of hydrogen-bond acceptors (Lipinski definition) is 3. The molecule has 0 saturated heterocycles. The van der Waals surface area contributed by atoms with Crippen LogP contribution >= 0.6 is 0 Å². The largest absolute Gasteiger partial charge is 0.487 e. The Morgan fingerprint density at radius 1 is 1.19 bits per heavy atom. The standard InChI is InChI=1S/C20H24FNO3S/c1-4-20(5-2)13-18(16-8-6-7-9-19(16)25-20)22-26(23,24)15-10-11-17(21)14(3)12-15/h6-12,18,22H,4-5,13H2,1-3H3/t18-/m0/s1. The van der Waals surface area contributed by atoms with Gasteiger partial charge in [-0.15, -0.1) is 0 Å². The monoisotopic (exact) mass is 377 g/mol. The maximum atomic E-state index is 13.5. The molecule has 1 aliphatic heterocycles. The van der Waals surface area contributed by atoms with Crippen LogP contribution in [0.2, 0.25) is 0 Å². The molecule has 0 aromatic heterocycles. The van der Waals surface area contributed by atoms with E-state index < -0.39 is 27.5 Å². The van der Waals surface area contributed by atoms with E-state index in [1.807, 2.05) is 38.1 Å². The lowest BCUT2D eigenvalue weighted by atomic mass is 9.84. The zero-order chi connectivity index (χ0) is 18.9. The summed E-state index contributed by atoms with van der Waals surface area (Å²) in [4.78, 5) is 0.0685. The van der Waals surface area contributed by atoms with Gasteiger partial charge in [-0.1, -0.05) is 32.0 Å². The van der Waals surface area contributed by atoms with Crippen LogP contribution in [-0.4, -0.2) is 14.0 Å². The van der Waals surface area contributed by atoms with Crippen molar-refractivity contribution in [2.24, 2.45) is 0 Å². The van der Waals surface area contributed by atoms with E-state index in [4.69, 9.17) is 4.74 Å². The number of rotatable bonds is 5. The minimum atomic E-state index is -3.78. The van der Waals surface area contributed by atoms with Crippen LogP contribution in [0.15, 0.2) is 47.4 Å². The molecule has 3 rings (SSSR count). The Morgan fingerprint density at radius 3 is 2.54 bits per heavy atom. The number of nitrogens with one attached hydrogen (secondary N) is 1. The second-order valence-corrected chi connectivity index (χ2v) is 8.53. The van der Waals surface area contributed by atoms with E-state index in [2.05, 4.69) is 4.72 Å². The highest BCUT2D eigenvalue weighted by atomic mass is 32.2. The molecule has 2 aromatic rings. The summed E-state index contributed by atoms with van der Waals surface area (Å²) in [5.41, 5.74) is 0.726. The summed E-state index contributed by atoms with van der Waals surface area (Å²) in [7, 11) is -3.78. The number of halogens is 1. The Bertz CT molecular complexity index is 907. The van der Waals surface area contributed by atoms with Crippen LogP contribution in [0.3, 0.4) is 0 Å². The summed E-state index contributed by atoms with van der Waals surface area (Å²) in [6, 6.07) is 11.0. The molecule has 1 N–H and O–H groups in total. The molecule has 0 bridgehead atoms. The molecule has 4 nitrogen and oxygen atoms in total. The van der Waals surface area contributed by atoms with E-state index >= 15 is 0 Å². The number of aryl methyl sites for hydroxylation is 1. The molecule has 2 aromatic carbocycles. The van der Waals surface area contributed by atoms with Crippen molar-refractivity contribution in [3.8, 4) is 5.75 Å². The molecule has 0 saturated carbocycles. The minimum Gasteiger partial charge on any atom is -0.487 e. The molecule has 0 spiro atoms. The average molecular weight is 377 g/mol. The first-order chi connectivity index (χ1) is 12.3. The Balaban J connectivity index is 1.98. The predicted molar refractivity (Wildman–Crippen MR) is 99.2 cm³/mol. The lowest BCUT2D eigenvalue weighted by Crippen LogP contribution is -2.44. The molecule has 0 amide bonds. The van der Waals surface area contributed by atoms with Crippen molar-refractivity contribution in [2.45, 2.75) is 56.6 Å². The van der Waals surface area contributed by atoms with E-state index in [9.17, 15) is 12.8 Å². The number of para-hydroxylation sites is 1. The average Bonchev–Trinajstić information content (AvgIpc) is 2.63. The van der Waals surface area contributed by atoms with Crippen molar-refractivity contribution < 1.29 is 17.5 Å². The zero-order valence-electron chi connectivity index (χ0n) is 15.3. The van der Waals surface area contributed by atoms with Crippen molar-refractivity contribution >= 4 is 10.0 Å². The lowest BCUT2D eigenvalue weighted by Gasteiger charge is -2.41. The topological polar surface area (TPSA) is 55.4 Å². The van der Waals surface area contributed by atoms with E-state index in [0.717, 1.165) is 18.4 Å². The number of hydrogen-bond donors (Lipinski definition) is 1.